The van der Waals surface area contributed by atoms with Gasteiger partial charge in [0.05, 0.1) is 13.2 Å². The first-order chi connectivity index (χ1) is 18.0. The lowest BCUT2D eigenvalue weighted by Gasteiger charge is -2.61. The molecule has 0 radical (unpaired) electrons. The average Bonchev–Trinajstić information content (AvgIpc) is 3.27. The van der Waals surface area contributed by atoms with Gasteiger partial charge >= 0.3 is 11.9 Å². The number of Topliss-reactive ketones (excluding diaryl/α,β-unsaturated/α-hetero) is 1. The number of rotatable bonds is 4. The highest BCUT2D eigenvalue weighted by Gasteiger charge is 2.60. The third-order valence-electron chi connectivity index (χ3n) is 10.9. The Bertz CT molecular complexity index is 816. The third-order valence-corrected chi connectivity index (χ3v) is 10.9. The lowest BCUT2D eigenvalue weighted by molar-refractivity contribution is -0.154. The zero-order valence-electron chi connectivity index (χ0n) is 24.6. The predicted molar refractivity (Wildman–Crippen MR) is 154 cm³/mol. The zero-order valence-corrected chi connectivity index (χ0v) is 24.6. The molecule has 4 saturated carbocycles. The van der Waals surface area contributed by atoms with Gasteiger partial charge in [-0.05, 0) is 98.7 Å². The molecule has 7 nitrogen and oxygen atoms in total. The molecule has 5 rings (SSSR count). The number of aliphatic carboxylic acids is 1. The van der Waals surface area contributed by atoms with Gasteiger partial charge < -0.3 is 19.9 Å². The lowest BCUT2D eigenvalue weighted by Crippen LogP contribution is -2.53. The van der Waals surface area contributed by atoms with Crippen molar-refractivity contribution >= 4 is 17.7 Å². The van der Waals surface area contributed by atoms with Crippen LogP contribution in [-0.2, 0) is 23.9 Å². The van der Waals surface area contributed by atoms with Gasteiger partial charge in [0.1, 0.15) is 5.78 Å². The molecule has 0 amide bonds. The minimum atomic E-state index is -1.13. The molecule has 0 spiro atoms. The van der Waals surface area contributed by atoms with E-state index in [2.05, 4.69) is 30.8 Å². The van der Waals surface area contributed by atoms with Gasteiger partial charge in [-0.1, -0.05) is 34.1 Å². The summed E-state index contributed by atoms with van der Waals surface area (Å²) in [7, 11) is 0. The molecule has 3 unspecified atom stereocenters. The first-order valence-electron chi connectivity index (χ1n) is 15.2. The second-order valence-electron chi connectivity index (χ2n) is 13.1. The standard InChI is InChI=1S/C22H36O.C5H8O4.C4H9NO.3H2/c1-14-9-11-21(3)16(13-14)5-6-17-19-8-7-18(15(2)23)22(19,4)12-10-20(17)21;1-2-5(8)9-3-4(6)7;1-3-6-4-2-5-1;;;/h14,16-20H,5-13H2,1-4H3;2-3H2,1H3,(H,6,7);5H,1-4H2;3*1H/t14-,16?,17-,18+,19?,20?,21-,22+;;;;;/m0...../s1. The van der Waals surface area contributed by atoms with Crippen molar-refractivity contribution in [3.8, 4) is 0 Å². The number of carbonyl (C=O) groups is 3. The maximum absolute atomic E-state index is 12.2. The van der Waals surface area contributed by atoms with Gasteiger partial charge in [-0.2, -0.15) is 0 Å². The minimum absolute atomic E-state index is 0. The zero-order chi connectivity index (χ0) is 27.9. The molecular weight excluding hydrogens is 482 g/mol. The quantitative estimate of drug-likeness (QED) is 0.406. The van der Waals surface area contributed by atoms with Crippen LogP contribution >= 0.6 is 0 Å². The van der Waals surface area contributed by atoms with Crippen LogP contribution in [0.4, 0.5) is 0 Å². The molecule has 38 heavy (non-hydrogen) atoms. The molecule has 2 N–H and O–H groups in total. The smallest absolute Gasteiger partial charge is 0.341 e. The lowest BCUT2D eigenvalue weighted by atomic mass is 9.44. The summed E-state index contributed by atoms with van der Waals surface area (Å²) in [6, 6.07) is 0. The topological polar surface area (TPSA) is 102 Å². The highest BCUT2D eigenvalue weighted by atomic mass is 16.5. The van der Waals surface area contributed by atoms with E-state index in [4.69, 9.17) is 9.84 Å². The van der Waals surface area contributed by atoms with Crippen LogP contribution in [-0.4, -0.2) is 55.7 Å². The van der Waals surface area contributed by atoms with Crippen molar-refractivity contribution in [2.45, 2.75) is 98.8 Å². The van der Waals surface area contributed by atoms with Crippen LogP contribution in [0.5, 0.6) is 0 Å². The Morgan fingerprint density at radius 3 is 2.18 bits per heavy atom. The number of carboxylic acids is 1. The fraction of sp³-hybridized carbons (Fsp3) is 0.903. The van der Waals surface area contributed by atoms with Crippen LogP contribution in [0.1, 0.15) is 103 Å². The highest BCUT2D eigenvalue weighted by Crippen LogP contribution is 2.67. The van der Waals surface area contributed by atoms with E-state index in [1.54, 1.807) is 6.92 Å². The fourth-order valence-corrected chi connectivity index (χ4v) is 8.90. The van der Waals surface area contributed by atoms with E-state index in [9.17, 15) is 14.4 Å². The molecule has 0 aromatic carbocycles. The Morgan fingerprint density at radius 1 is 0.974 bits per heavy atom. The summed E-state index contributed by atoms with van der Waals surface area (Å²) in [5, 5.41) is 11.1. The normalized spacial score (nSPS) is 39.5. The largest absolute Gasteiger partial charge is 0.479 e. The van der Waals surface area contributed by atoms with E-state index in [0.717, 1.165) is 55.9 Å². The van der Waals surface area contributed by atoms with Crippen molar-refractivity contribution in [2.75, 3.05) is 32.9 Å². The fourth-order valence-electron chi connectivity index (χ4n) is 8.90. The first-order valence-corrected chi connectivity index (χ1v) is 15.2. The SMILES string of the molecule is C1COCCN1.CC(=O)[C@H]1CCC2[C@@H]3CCC4C[C@@H](C)CC[C@]4(C)C3CC[C@@]21C.CCC(=O)OCC(=O)O.[HH].[HH].[HH]. The number of ketones is 1. The molecular formula is C31H59NO6. The summed E-state index contributed by atoms with van der Waals surface area (Å²) < 4.78 is 9.22. The summed E-state index contributed by atoms with van der Waals surface area (Å²) in [5.41, 5.74) is 0.948. The predicted octanol–water partition coefficient (Wildman–Crippen LogP) is 6.24. The second kappa shape index (κ2) is 13.7. The van der Waals surface area contributed by atoms with E-state index in [-0.39, 0.29) is 10.7 Å². The Balaban J connectivity index is 0.000000746. The van der Waals surface area contributed by atoms with Crippen LogP contribution < -0.4 is 5.32 Å². The van der Waals surface area contributed by atoms with E-state index < -0.39 is 18.5 Å². The molecule has 4 aliphatic carbocycles. The van der Waals surface area contributed by atoms with Crippen molar-refractivity contribution in [2.24, 2.45) is 46.3 Å². The number of ether oxygens (including phenoxy) is 2. The summed E-state index contributed by atoms with van der Waals surface area (Å²) in [4.78, 5) is 32.2. The van der Waals surface area contributed by atoms with E-state index in [1.807, 2.05) is 6.92 Å². The number of carbonyl (C=O) groups excluding carboxylic acids is 2. The van der Waals surface area contributed by atoms with Crippen LogP contribution in [0, 0.1) is 46.3 Å². The molecule has 0 bridgehead atoms. The molecule has 0 aromatic heterocycles. The Hall–Kier alpha value is -1.47. The molecule has 5 aliphatic rings. The Kier molecular flexibility index (Phi) is 11.2. The van der Waals surface area contributed by atoms with E-state index >= 15 is 0 Å². The van der Waals surface area contributed by atoms with Crippen molar-refractivity contribution in [1.82, 2.24) is 5.32 Å². The summed E-state index contributed by atoms with van der Waals surface area (Å²) in [6.07, 6.45) is 12.8. The van der Waals surface area contributed by atoms with Gasteiger partial charge in [0.25, 0.3) is 0 Å². The first kappa shape index (κ1) is 31.1. The molecule has 1 saturated heterocycles. The summed E-state index contributed by atoms with van der Waals surface area (Å²) in [6.45, 7) is 14.4. The third kappa shape index (κ3) is 7.18. The van der Waals surface area contributed by atoms with Crippen LogP contribution in [0.3, 0.4) is 0 Å². The van der Waals surface area contributed by atoms with Crippen molar-refractivity contribution in [3.63, 3.8) is 0 Å². The molecule has 1 heterocycles. The maximum atomic E-state index is 12.2. The monoisotopic (exact) mass is 541 g/mol. The molecule has 0 aromatic rings. The summed E-state index contributed by atoms with van der Waals surface area (Å²) in [5.74, 6) is 3.88. The van der Waals surface area contributed by atoms with Crippen LogP contribution in [0.25, 0.3) is 0 Å². The van der Waals surface area contributed by atoms with Gasteiger partial charge in [0.2, 0.25) is 0 Å². The van der Waals surface area contributed by atoms with Gasteiger partial charge in [-0.25, -0.2) is 4.79 Å². The Labute approximate surface area is 234 Å². The van der Waals surface area contributed by atoms with Gasteiger partial charge in [0, 0.05) is 29.7 Å². The van der Waals surface area contributed by atoms with E-state index in [1.165, 1.54) is 57.8 Å². The molecule has 224 valence electrons. The molecule has 1 aliphatic heterocycles. The van der Waals surface area contributed by atoms with Crippen LogP contribution in [0.2, 0.25) is 0 Å². The average molecular weight is 542 g/mol. The number of fused-ring (bicyclic) bond motifs is 5. The number of morpholine rings is 1. The minimum Gasteiger partial charge on any atom is -0.479 e. The van der Waals surface area contributed by atoms with Crippen molar-refractivity contribution < 1.29 is 33.2 Å². The van der Waals surface area contributed by atoms with Gasteiger partial charge in [0.15, 0.2) is 6.61 Å². The highest BCUT2D eigenvalue weighted by molar-refractivity contribution is 5.79. The maximum Gasteiger partial charge on any atom is 0.341 e. The number of esters is 1. The molecule has 8 atom stereocenters. The summed E-state index contributed by atoms with van der Waals surface area (Å²) >= 11 is 0. The number of hydrogen-bond acceptors (Lipinski definition) is 6. The van der Waals surface area contributed by atoms with Gasteiger partial charge in [-0.3, -0.25) is 9.59 Å². The van der Waals surface area contributed by atoms with Crippen LogP contribution in [0.15, 0.2) is 0 Å². The Morgan fingerprint density at radius 2 is 1.63 bits per heavy atom. The van der Waals surface area contributed by atoms with E-state index in [0.29, 0.717) is 22.5 Å². The van der Waals surface area contributed by atoms with Gasteiger partial charge in [-0.15, -0.1) is 0 Å². The second-order valence-corrected chi connectivity index (χ2v) is 13.1. The molecule has 5 fully saturated rings. The number of nitrogens with one attached hydrogen (secondary N) is 1. The molecule has 7 heteroatoms. The van der Waals surface area contributed by atoms with Crippen molar-refractivity contribution in [1.29, 1.82) is 0 Å². The number of hydrogen-bond donors (Lipinski definition) is 2. The number of carboxylic acid groups (broad SMARTS) is 1. The van der Waals surface area contributed by atoms with Crippen molar-refractivity contribution in [3.05, 3.63) is 0 Å².